The summed E-state index contributed by atoms with van der Waals surface area (Å²) in [6.45, 7) is 0.803. The van der Waals surface area contributed by atoms with Crippen molar-refractivity contribution in [3.8, 4) is 0 Å². The number of hydrogen-bond acceptors (Lipinski definition) is 3. The van der Waals surface area contributed by atoms with Crippen molar-refractivity contribution < 1.29 is 5.11 Å². The quantitative estimate of drug-likeness (QED) is 0.760. The second kappa shape index (κ2) is 3.67. The van der Waals surface area contributed by atoms with E-state index in [0.717, 1.165) is 16.7 Å². The number of nitrogens with zero attached hydrogens (tertiary/aromatic N) is 2. The van der Waals surface area contributed by atoms with E-state index in [1.165, 1.54) is 0 Å². The summed E-state index contributed by atoms with van der Waals surface area (Å²) in [6.07, 6.45) is 1.68. The van der Waals surface area contributed by atoms with Crippen LogP contribution in [0.25, 0.3) is 11.0 Å². The summed E-state index contributed by atoms with van der Waals surface area (Å²) in [4.78, 5) is 9.20. The van der Waals surface area contributed by atoms with Gasteiger partial charge in [0.1, 0.15) is 0 Å². The molecular formula is C10H13N3O. The lowest BCUT2D eigenvalue weighted by Gasteiger charge is -2.17. The highest BCUT2D eigenvalue weighted by atomic mass is 16.3. The summed E-state index contributed by atoms with van der Waals surface area (Å²) in [7, 11) is 1.95. The molecule has 74 valence electrons. The van der Waals surface area contributed by atoms with Gasteiger partial charge in [-0.1, -0.05) is 0 Å². The number of hydrogen-bond donors (Lipinski definition) is 2. The Hall–Kier alpha value is -1.55. The van der Waals surface area contributed by atoms with Crippen LogP contribution in [-0.4, -0.2) is 35.3 Å². The van der Waals surface area contributed by atoms with Crippen LogP contribution in [0.4, 0.5) is 5.69 Å². The standard InChI is InChI=1S/C10H13N3O/c1-13(4-5-14)8-2-3-9-10(6-8)12-7-11-9/h2-3,6-7,14H,4-5H2,1H3,(H,11,12). The van der Waals surface area contributed by atoms with E-state index in [1.807, 2.05) is 30.1 Å². The molecule has 0 atom stereocenters. The minimum absolute atomic E-state index is 0.164. The van der Waals surface area contributed by atoms with Gasteiger partial charge in [0, 0.05) is 19.3 Å². The molecular weight excluding hydrogens is 178 g/mol. The fourth-order valence-corrected chi connectivity index (χ4v) is 1.44. The molecule has 2 rings (SSSR count). The number of fused-ring (bicyclic) bond motifs is 1. The van der Waals surface area contributed by atoms with Crippen LogP contribution in [0.3, 0.4) is 0 Å². The first-order valence-corrected chi connectivity index (χ1v) is 4.56. The normalized spacial score (nSPS) is 10.7. The minimum atomic E-state index is 0.164. The predicted octanol–water partition coefficient (Wildman–Crippen LogP) is 0.991. The first kappa shape index (κ1) is 9.02. The van der Waals surface area contributed by atoms with Crippen LogP contribution in [0.1, 0.15) is 0 Å². The van der Waals surface area contributed by atoms with Gasteiger partial charge in [-0.25, -0.2) is 4.98 Å². The maximum atomic E-state index is 8.81. The molecule has 2 N–H and O–H groups in total. The Kier molecular flexibility index (Phi) is 2.37. The SMILES string of the molecule is CN(CCO)c1ccc2nc[nH]c2c1. The van der Waals surface area contributed by atoms with E-state index < -0.39 is 0 Å². The van der Waals surface area contributed by atoms with Gasteiger partial charge in [0.2, 0.25) is 0 Å². The van der Waals surface area contributed by atoms with Crippen LogP contribution in [0, 0.1) is 0 Å². The Bertz CT molecular complexity index is 424. The Morgan fingerprint density at radius 1 is 1.50 bits per heavy atom. The van der Waals surface area contributed by atoms with Crippen LogP contribution < -0.4 is 4.90 Å². The lowest BCUT2D eigenvalue weighted by Crippen LogP contribution is -2.20. The fraction of sp³-hybridized carbons (Fsp3) is 0.300. The van der Waals surface area contributed by atoms with E-state index >= 15 is 0 Å². The van der Waals surface area contributed by atoms with Gasteiger partial charge in [0.15, 0.2) is 0 Å². The van der Waals surface area contributed by atoms with Crippen molar-refractivity contribution in [1.29, 1.82) is 0 Å². The Morgan fingerprint density at radius 2 is 2.36 bits per heavy atom. The number of aromatic nitrogens is 2. The highest BCUT2D eigenvalue weighted by Gasteiger charge is 2.02. The van der Waals surface area contributed by atoms with Crippen molar-refractivity contribution in [3.63, 3.8) is 0 Å². The Labute approximate surface area is 82.2 Å². The summed E-state index contributed by atoms with van der Waals surface area (Å²) < 4.78 is 0. The van der Waals surface area contributed by atoms with Gasteiger partial charge < -0.3 is 15.0 Å². The first-order chi connectivity index (χ1) is 6.81. The van der Waals surface area contributed by atoms with E-state index in [-0.39, 0.29) is 6.61 Å². The fourth-order valence-electron chi connectivity index (χ4n) is 1.44. The molecule has 0 unspecified atom stereocenters. The van der Waals surface area contributed by atoms with E-state index in [2.05, 4.69) is 9.97 Å². The Balaban J connectivity index is 2.33. The average molecular weight is 191 g/mol. The predicted molar refractivity (Wildman–Crippen MR) is 56.4 cm³/mol. The van der Waals surface area contributed by atoms with E-state index in [4.69, 9.17) is 5.11 Å². The molecule has 1 aromatic heterocycles. The monoisotopic (exact) mass is 191 g/mol. The molecule has 0 spiro atoms. The first-order valence-electron chi connectivity index (χ1n) is 4.56. The smallest absolute Gasteiger partial charge is 0.0931 e. The minimum Gasteiger partial charge on any atom is -0.395 e. The molecule has 4 nitrogen and oxygen atoms in total. The lowest BCUT2D eigenvalue weighted by molar-refractivity contribution is 0.304. The highest BCUT2D eigenvalue weighted by Crippen LogP contribution is 2.18. The largest absolute Gasteiger partial charge is 0.395 e. The number of H-pyrrole nitrogens is 1. The number of nitrogens with one attached hydrogen (secondary N) is 1. The number of likely N-dealkylation sites (N-methyl/N-ethyl adjacent to an activating group) is 1. The van der Waals surface area contributed by atoms with Crippen LogP contribution in [0.5, 0.6) is 0 Å². The summed E-state index contributed by atoms with van der Waals surface area (Å²) >= 11 is 0. The molecule has 1 heterocycles. The number of aliphatic hydroxyl groups excluding tert-OH is 1. The van der Waals surface area contributed by atoms with Gasteiger partial charge in [-0.3, -0.25) is 0 Å². The number of aliphatic hydroxyl groups is 1. The Morgan fingerprint density at radius 3 is 3.14 bits per heavy atom. The van der Waals surface area contributed by atoms with Crippen LogP contribution in [0.2, 0.25) is 0 Å². The molecule has 4 heteroatoms. The molecule has 0 fully saturated rings. The zero-order valence-electron chi connectivity index (χ0n) is 8.07. The molecule has 1 aromatic carbocycles. The van der Waals surface area contributed by atoms with Crippen molar-refractivity contribution in [2.24, 2.45) is 0 Å². The number of anilines is 1. The lowest BCUT2D eigenvalue weighted by atomic mass is 10.2. The van der Waals surface area contributed by atoms with Gasteiger partial charge >= 0.3 is 0 Å². The molecule has 0 aliphatic carbocycles. The van der Waals surface area contributed by atoms with Gasteiger partial charge in [0.25, 0.3) is 0 Å². The number of imidazole rings is 1. The summed E-state index contributed by atoms with van der Waals surface area (Å²) in [5.41, 5.74) is 3.06. The number of aromatic amines is 1. The highest BCUT2D eigenvalue weighted by molar-refractivity contribution is 5.78. The van der Waals surface area contributed by atoms with Crippen LogP contribution in [-0.2, 0) is 0 Å². The zero-order valence-corrected chi connectivity index (χ0v) is 8.07. The van der Waals surface area contributed by atoms with E-state index in [9.17, 15) is 0 Å². The number of rotatable bonds is 3. The van der Waals surface area contributed by atoms with Gasteiger partial charge in [-0.05, 0) is 18.2 Å². The van der Waals surface area contributed by atoms with Crippen molar-refractivity contribution >= 4 is 16.7 Å². The molecule has 0 amide bonds. The molecule has 0 aliphatic heterocycles. The molecule has 0 radical (unpaired) electrons. The summed E-state index contributed by atoms with van der Waals surface area (Å²) in [6, 6.07) is 5.99. The van der Waals surface area contributed by atoms with Gasteiger partial charge in [-0.15, -0.1) is 0 Å². The third-order valence-corrected chi connectivity index (χ3v) is 2.28. The molecule has 14 heavy (non-hydrogen) atoms. The maximum absolute atomic E-state index is 8.81. The van der Waals surface area contributed by atoms with E-state index in [1.54, 1.807) is 6.33 Å². The van der Waals surface area contributed by atoms with Gasteiger partial charge in [-0.2, -0.15) is 0 Å². The third-order valence-electron chi connectivity index (χ3n) is 2.28. The third kappa shape index (κ3) is 1.56. The van der Waals surface area contributed by atoms with Crippen LogP contribution in [0.15, 0.2) is 24.5 Å². The molecule has 2 aromatic rings. The van der Waals surface area contributed by atoms with E-state index in [0.29, 0.717) is 6.54 Å². The zero-order chi connectivity index (χ0) is 9.97. The van der Waals surface area contributed by atoms with Crippen molar-refractivity contribution in [2.45, 2.75) is 0 Å². The van der Waals surface area contributed by atoms with Gasteiger partial charge in [0.05, 0.1) is 24.0 Å². The average Bonchev–Trinajstić information content (AvgIpc) is 2.64. The topological polar surface area (TPSA) is 52.1 Å². The molecule has 0 saturated heterocycles. The summed E-state index contributed by atoms with van der Waals surface area (Å²) in [5.74, 6) is 0. The second-order valence-electron chi connectivity index (χ2n) is 3.25. The van der Waals surface area contributed by atoms with Crippen LogP contribution >= 0.6 is 0 Å². The molecule has 0 saturated carbocycles. The molecule has 0 aliphatic rings. The molecule has 0 bridgehead atoms. The van der Waals surface area contributed by atoms with Crippen molar-refractivity contribution in [2.75, 3.05) is 25.1 Å². The number of benzene rings is 1. The summed E-state index contributed by atoms with van der Waals surface area (Å²) in [5, 5.41) is 8.81. The van der Waals surface area contributed by atoms with Crippen molar-refractivity contribution in [3.05, 3.63) is 24.5 Å². The second-order valence-corrected chi connectivity index (χ2v) is 3.25. The van der Waals surface area contributed by atoms with Crippen molar-refractivity contribution in [1.82, 2.24) is 9.97 Å². The maximum Gasteiger partial charge on any atom is 0.0931 e.